The van der Waals surface area contributed by atoms with Crippen molar-refractivity contribution in [3.05, 3.63) is 35.9 Å². The van der Waals surface area contributed by atoms with Crippen LogP contribution in [-0.2, 0) is 15.1 Å². The Bertz CT molecular complexity index is 367. The van der Waals surface area contributed by atoms with Gasteiger partial charge in [0.15, 0.2) is 0 Å². The molecule has 1 atom stereocenters. The summed E-state index contributed by atoms with van der Waals surface area (Å²) < 4.78 is 5.41. The van der Waals surface area contributed by atoms with Gasteiger partial charge in [-0.05, 0) is 19.0 Å². The van der Waals surface area contributed by atoms with Crippen molar-refractivity contribution in [2.24, 2.45) is 0 Å². The average molecular weight is 251 g/mol. The summed E-state index contributed by atoms with van der Waals surface area (Å²) in [5.41, 5.74) is -0.324. The molecule has 0 saturated carbocycles. The highest BCUT2D eigenvalue weighted by Gasteiger charge is 2.38. The second-order valence-electron chi connectivity index (χ2n) is 4.19. The van der Waals surface area contributed by atoms with E-state index in [1.807, 2.05) is 37.3 Å². The zero-order valence-electron chi connectivity index (χ0n) is 11.0. The molecule has 1 rings (SSSR count). The van der Waals surface area contributed by atoms with E-state index in [-0.39, 0.29) is 0 Å². The Morgan fingerprint density at radius 2 is 2.00 bits per heavy atom. The lowest BCUT2D eigenvalue weighted by molar-refractivity contribution is -0.146. The number of aliphatic carboxylic acids is 1. The molecule has 100 valence electrons. The predicted octanol–water partition coefficient (Wildman–Crippen LogP) is 2.00. The van der Waals surface area contributed by atoms with Gasteiger partial charge in [-0.25, -0.2) is 4.79 Å². The van der Waals surface area contributed by atoms with Gasteiger partial charge >= 0.3 is 5.97 Å². The van der Waals surface area contributed by atoms with Crippen LogP contribution < -0.4 is 5.32 Å². The third-order valence-electron chi connectivity index (χ3n) is 3.03. The molecule has 0 spiro atoms. The fourth-order valence-corrected chi connectivity index (χ4v) is 1.95. The van der Waals surface area contributed by atoms with E-state index >= 15 is 0 Å². The molecule has 0 radical (unpaired) electrons. The first-order valence-corrected chi connectivity index (χ1v) is 6.23. The van der Waals surface area contributed by atoms with E-state index in [1.165, 1.54) is 0 Å². The van der Waals surface area contributed by atoms with Crippen LogP contribution in [0.5, 0.6) is 0 Å². The monoisotopic (exact) mass is 251 g/mol. The molecular formula is C14H21NO3. The molecule has 4 nitrogen and oxygen atoms in total. The fourth-order valence-electron chi connectivity index (χ4n) is 1.95. The summed E-state index contributed by atoms with van der Waals surface area (Å²) in [6, 6.07) is 9.21. The van der Waals surface area contributed by atoms with Crippen LogP contribution in [0.3, 0.4) is 0 Å². The summed E-state index contributed by atoms with van der Waals surface area (Å²) in [5.74, 6) is -0.878. The quantitative estimate of drug-likeness (QED) is 0.694. The molecule has 1 aromatic rings. The molecule has 0 bridgehead atoms. The lowest BCUT2D eigenvalue weighted by Gasteiger charge is -2.29. The maximum Gasteiger partial charge on any atom is 0.328 e. The van der Waals surface area contributed by atoms with E-state index in [1.54, 1.807) is 7.05 Å². The van der Waals surface area contributed by atoms with Crippen molar-refractivity contribution in [2.45, 2.75) is 25.3 Å². The summed E-state index contributed by atoms with van der Waals surface area (Å²) in [4.78, 5) is 11.6. The first-order valence-electron chi connectivity index (χ1n) is 6.23. The molecule has 0 amide bonds. The van der Waals surface area contributed by atoms with Gasteiger partial charge in [0.1, 0.15) is 5.54 Å². The fraction of sp³-hybridized carbons (Fsp3) is 0.500. The molecule has 1 aromatic carbocycles. The van der Waals surface area contributed by atoms with E-state index in [2.05, 4.69) is 5.32 Å². The summed E-state index contributed by atoms with van der Waals surface area (Å²) in [7, 11) is 1.67. The van der Waals surface area contributed by atoms with Crippen molar-refractivity contribution in [3.63, 3.8) is 0 Å². The first-order chi connectivity index (χ1) is 8.67. The maximum atomic E-state index is 11.6. The molecule has 0 saturated heterocycles. The van der Waals surface area contributed by atoms with Gasteiger partial charge in [-0.3, -0.25) is 0 Å². The number of carbonyl (C=O) groups is 1. The van der Waals surface area contributed by atoms with E-state index in [9.17, 15) is 9.90 Å². The van der Waals surface area contributed by atoms with Crippen molar-refractivity contribution < 1.29 is 14.6 Å². The average Bonchev–Trinajstić information content (AvgIpc) is 2.40. The van der Waals surface area contributed by atoms with Gasteiger partial charge in [-0.1, -0.05) is 37.3 Å². The van der Waals surface area contributed by atoms with E-state index < -0.39 is 11.5 Å². The lowest BCUT2D eigenvalue weighted by atomic mass is 9.87. The van der Waals surface area contributed by atoms with Crippen LogP contribution in [-0.4, -0.2) is 31.3 Å². The highest BCUT2D eigenvalue weighted by molar-refractivity contribution is 5.80. The minimum absolute atomic E-state index is 0.406. The largest absolute Gasteiger partial charge is 0.480 e. The van der Waals surface area contributed by atoms with Crippen LogP contribution in [0.15, 0.2) is 30.3 Å². The minimum Gasteiger partial charge on any atom is -0.480 e. The molecule has 0 aliphatic carbocycles. The molecule has 0 heterocycles. The predicted molar refractivity (Wildman–Crippen MR) is 70.5 cm³/mol. The van der Waals surface area contributed by atoms with Crippen molar-refractivity contribution in [1.82, 2.24) is 5.32 Å². The van der Waals surface area contributed by atoms with E-state index in [0.717, 1.165) is 12.0 Å². The standard InChI is InChI=1S/C14H21NO3/c1-3-10-18-11-9-14(15-2,13(16)17)12-7-5-4-6-8-12/h4-8,15H,3,9-11H2,1-2H3,(H,16,17). The molecular weight excluding hydrogens is 230 g/mol. The third-order valence-corrected chi connectivity index (χ3v) is 3.03. The minimum atomic E-state index is -1.07. The summed E-state index contributed by atoms with van der Waals surface area (Å²) in [6.07, 6.45) is 1.34. The molecule has 18 heavy (non-hydrogen) atoms. The Labute approximate surface area is 108 Å². The molecule has 1 unspecified atom stereocenters. The normalized spacial score (nSPS) is 14.1. The smallest absolute Gasteiger partial charge is 0.328 e. The molecule has 0 aromatic heterocycles. The van der Waals surface area contributed by atoms with Crippen LogP contribution in [0.2, 0.25) is 0 Å². The van der Waals surface area contributed by atoms with Gasteiger partial charge in [0.05, 0.1) is 0 Å². The molecule has 2 N–H and O–H groups in total. The van der Waals surface area contributed by atoms with Crippen molar-refractivity contribution in [3.8, 4) is 0 Å². The second kappa shape index (κ2) is 7.13. The van der Waals surface area contributed by atoms with Crippen LogP contribution in [0.1, 0.15) is 25.3 Å². The van der Waals surface area contributed by atoms with Gasteiger partial charge in [0.25, 0.3) is 0 Å². The molecule has 4 heteroatoms. The van der Waals surface area contributed by atoms with E-state index in [0.29, 0.717) is 19.6 Å². The van der Waals surface area contributed by atoms with Gasteiger partial charge in [0, 0.05) is 19.6 Å². The molecule has 0 fully saturated rings. The van der Waals surface area contributed by atoms with Crippen LogP contribution in [0.4, 0.5) is 0 Å². The van der Waals surface area contributed by atoms with Gasteiger partial charge < -0.3 is 15.2 Å². The summed E-state index contributed by atoms with van der Waals surface area (Å²) >= 11 is 0. The topological polar surface area (TPSA) is 58.6 Å². The van der Waals surface area contributed by atoms with Gasteiger partial charge in [-0.15, -0.1) is 0 Å². The zero-order chi connectivity index (χ0) is 13.4. The number of carboxylic acids is 1. The summed E-state index contributed by atoms with van der Waals surface area (Å²) in [6.45, 7) is 3.11. The number of rotatable bonds is 8. The van der Waals surface area contributed by atoms with Crippen molar-refractivity contribution in [1.29, 1.82) is 0 Å². The second-order valence-corrected chi connectivity index (χ2v) is 4.19. The number of likely N-dealkylation sites (N-methyl/N-ethyl adjacent to an activating group) is 1. The van der Waals surface area contributed by atoms with Crippen LogP contribution >= 0.6 is 0 Å². The Morgan fingerprint density at radius 1 is 1.33 bits per heavy atom. The Balaban J connectivity index is 2.85. The number of hydrogen-bond donors (Lipinski definition) is 2. The number of hydrogen-bond acceptors (Lipinski definition) is 3. The number of ether oxygens (including phenoxy) is 1. The zero-order valence-corrected chi connectivity index (χ0v) is 11.0. The Morgan fingerprint density at radius 3 is 2.50 bits per heavy atom. The Hall–Kier alpha value is -1.39. The number of nitrogens with one attached hydrogen (secondary N) is 1. The first kappa shape index (κ1) is 14.7. The highest BCUT2D eigenvalue weighted by Crippen LogP contribution is 2.25. The molecule has 0 aliphatic rings. The van der Waals surface area contributed by atoms with Gasteiger partial charge in [0.2, 0.25) is 0 Å². The highest BCUT2D eigenvalue weighted by atomic mass is 16.5. The van der Waals surface area contributed by atoms with Gasteiger partial charge in [-0.2, -0.15) is 0 Å². The summed E-state index contributed by atoms with van der Waals surface area (Å²) in [5, 5.41) is 12.4. The van der Waals surface area contributed by atoms with Crippen LogP contribution in [0.25, 0.3) is 0 Å². The van der Waals surface area contributed by atoms with Crippen LogP contribution in [0, 0.1) is 0 Å². The third kappa shape index (κ3) is 3.31. The van der Waals surface area contributed by atoms with E-state index in [4.69, 9.17) is 4.74 Å². The Kier molecular flexibility index (Phi) is 5.82. The SMILES string of the molecule is CCCOCCC(NC)(C(=O)O)c1ccccc1. The van der Waals surface area contributed by atoms with Crippen molar-refractivity contribution >= 4 is 5.97 Å². The number of benzene rings is 1. The molecule has 0 aliphatic heterocycles. The lowest BCUT2D eigenvalue weighted by Crippen LogP contribution is -2.48. The maximum absolute atomic E-state index is 11.6. The van der Waals surface area contributed by atoms with Crippen molar-refractivity contribution in [2.75, 3.05) is 20.3 Å². The number of carboxylic acid groups (broad SMARTS) is 1.